The van der Waals surface area contributed by atoms with E-state index in [1.54, 1.807) is 43.7 Å². The highest BCUT2D eigenvalue weighted by Gasteiger charge is 2.45. The number of halogens is 3. The number of thiazole rings is 1. The van der Waals surface area contributed by atoms with Gasteiger partial charge in [0.1, 0.15) is 21.2 Å². The predicted molar refractivity (Wildman–Crippen MR) is 121 cm³/mol. The highest BCUT2D eigenvalue weighted by Crippen LogP contribution is 2.40. The van der Waals surface area contributed by atoms with Gasteiger partial charge in [-0.05, 0) is 39.3 Å². The van der Waals surface area contributed by atoms with Gasteiger partial charge in [0.2, 0.25) is 0 Å². The Bertz CT molecular complexity index is 1110. The second-order valence-electron chi connectivity index (χ2n) is 9.40. The lowest BCUT2D eigenvalue weighted by atomic mass is 10.1. The molecule has 2 amide bonds. The minimum Gasteiger partial charge on any atom is -0.444 e. The molecule has 190 valence electrons. The van der Waals surface area contributed by atoms with Gasteiger partial charge in [0.05, 0.1) is 36.5 Å². The molecule has 0 radical (unpaired) electrons. The van der Waals surface area contributed by atoms with Crippen LogP contribution in [0.25, 0.3) is 10.6 Å². The fourth-order valence-corrected chi connectivity index (χ4v) is 5.33. The smallest absolute Gasteiger partial charge is 0.444 e. The predicted octanol–water partition coefficient (Wildman–Crippen LogP) is 4.69. The van der Waals surface area contributed by atoms with Crippen LogP contribution in [0.2, 0.25) is 0 Å². The third kappa shape index (κ3) is 5.53. The van der Waals surface area contributed by atoms with Crippen molar-refractivity contribution < 1.29 is 37.0 Å². The number of methoxy groups -OCH3 is 1. The summed E-state index contributed by atoms with van der Waals surface area (Å²) in [6, 6.07) is 5.19. The summed E-state index contributed by atoms with van der Waals surface area (Å²) in [5, 5.41) is 0.280. The molecule has 0 spiro atoms. The van der Waals surface area contributed by atoms with Crippen LogP contribution in [0.5, 0.6) is 5.75 Å². The zero-order valence-electron chi connectivity index (χ0n) is 19.7. The molecule has 1 aromatic heterocycles. The highest BCUT2D eigenvalue weighted by atomic mass is 32.1. The number of fused-ring (bicyclic) bond motifs is 1. The number of carbonyl (C=O) groups is 2. The molecule has 8 nitrogen and oxygen atoms in total. The zero-order chi connectivity index (χ0) is 25.5. The van der Waals surface area contributed by atoms with Crippen molar-refractivity contribution in [2.24, 2.45) is 0 Å². The molecule has 0 N–H and O–H groups in total. The summed E-state index contributed by atoms with van der Waals surface area (Å²) in [5.74, 6) is -0.631. The molecule has 1 saturated heterocycles. The van der Waals surface area contributed by atoms with Gasteiger partial charge in [-0.3, -0.25) is 4.79 Å². The lowest BCUT2D eigenvalue weighted by molar-refractivity contribution is -0.274. The molecule has 12 heteroatoms. The Hall–Kier alpha value is -2.86. The molecule has 2 aliphatic rings. The third-order valence-electron chi connectivity index (χ3n) is 5.64. The summed E-state index contributed by atoms with van der Waals surface area (Å²) in [5.41, 5.74) is 0.00359. The number of aromatic nitrogens is 1. The van der Waals surface area contributed by atoms with Gasteiger partial charge in [-0.2, -0.15) is 0 Å². The number of hydrogen-bond acceptors (Lipinski definition) is 7. The Kier molecular flexibility index (Phi) is 6.71. The van der Waals surface area contributed by atoms with Crippen molar-refractivity contribution in [1.82, 2.24) is 14.8 Å². The fourth-order valence-electron chi connectivity index (χ4n) is 4.27. The van der Waals surface area contributed by atoms with Crippen molar-refractivity contribution in [3.05, 3.63) is 34.8 Å². The molecule has 0 saturated carbocycles. The van der Waals surface area contributed by atoms with E-state index in [0.717, 1.165) is 11.3 Å². The Labute approximate surface area is 204 Å². The number of likely N-dealkylation sites (tertiary alicyclic amines) is 1. The molecule has 2 atom stereocenters. The summed E-state index contributed by atoms with van der Waals surface area (Å²) in [6.07, 6.45) is -4.79. The standard InChI is InChI=1S/C23H26F3N3O5S/c1-22(2,3)34-21(31)29-10-13(9-14(29)12-32-4)28-11-16-18(20(28)30)35-19(27-16)15-7-5-6-8-17(15)33-23(24,25)26/h5-8,13-14H,9-12H2,1-4H3/t13-,14+/m1/s1. The first-order valence-electron chi connectivity index (χ1n) is 11.0. The van der Waals surface area contributed by atoms with Crippen LogP contribution in [0.15, 0.2) is 24.3 Å². The van der Waals surface area contributed by atoms with Gasteiger partial charge < -0.3 is 24.0 Å². The van der Waals surface area contributed by atoms with Crippen molar-refractivity contribution in [2.45, 2.75) is 57.8 Å². The Morgan fingerprint density at radius 2 is 1.94 bits per heavy atom. The molecule has 2 aromatic rings. The van der Waals surface area contributed by atoms with Crippen LogP contribution in [0, 0.1) is 0 Å². The first-order chi connectivity index (χ1) is 16.4. The molecule has 1 aromatic carbocycles. The molecule has 2 aliphatic heterocycles. The normalized spacial score (nSPS) is 20.4. The van der Waals surface area contributed by atoms with Gasteiger partial charge in [-0.15, -0.1) is 24.5 Å². The summed E-state index contributed by atoms with van der Waals surface area (Å²) in [7, 11) is 1.55. The topological polar surface area (TPSA) is 81.2 Å². The van der Waals surface area contributed by atoms with E-state index in [2.05, 4.69) is 9.72 Å². The maximum atomic E-state index is 13.2. The number of ether oxygens (including phenoxy) is 3. The second kappa shape index (κ2) is 9.30. The molecule has 0 unspecified atom stereocenters. The van der Waals surface area contributed by atoms with Crippen LogP contribution in [0.4, 0.5) is 18.0 Å². The third-order valence-corrected chi connectivity index (χ3v) is 6.75. The minimum atomic E-state index is -4.84. The summed E-state index contributed by atoms with van der Waals surface area (Å²) < 4.78 is 53.3. The maximum Gasteiger partial charge on any atom is 0.573 e. The van der Waals surface area contributed by atoms with Crippen LogP contribution < -0.4 is 4.74 Å². The van der Waals surface area contributed by atoms with E-state index in [9.17, 15) is 22.8 Å². The summed E-state index contributed by atoms with van der Waals surface area (Å²) in [6.45, 7) is 6.16. The molecular weight excluding hydrogens is 487 g/mol. The summed E-state index contributed by atoms with van der Waals surface area (Å²) >= 11 is 1.03. The number of amides is 2. The molecule has 1 fully saturated rings. The van der Waals surface area contributed by atoms with Crippen LogP contribution in [-0.2, 0) is 16.0 Å². The fraction of sp³-hybridized carbons (Fsp3) is 0.522. The van der Waals surface area contributed by atoms with Gasteiger partial charge >= 0.3 is 12.5 Å². The SMILES string of the molecule is COC[C@@H]1C[C@@H](N2Cc3nc(-c4ccccc4OC(F)(F)F)sc3C2=O)CN1C(=O)OC(C)(C)C. The first-order valence-corrected chi connectivity index (χ1v) is 11.8. The maximum absolute atomic E-state index is 13.2. The highest BCUT2D eigenvalue weighted by molar-refractivity contribution is 7.17. The van der Waals surface area contributed by atoms with Crippen molar-refractivity contribution in [1.29, 1.82) is 0 Å². The van der Waals surface area contributed by atoms with Crippen molar-refractivity contribution >= 4 is 23.3 Å². The number of hydrogen-bond donors (Lipinski definition) is 0. The number of carbonyl (C=O) groups excluding carboxylic acids is 2. The lowest BCUT2D eigenvalue weighted by Crippen LogP contribution is -2.43. The van der Waals surface area contributed by atoms with Crippen molar-refractivity contribution in [3.63, 3.8) is 0 Å². The van der Waals surface area contributed by atoms with Gasteiger partial charge in [0.25, 0.3) is 5.91 Å². The van der Waals surface area contributed by atoms with Gasteiger partial charge in [-0.1, -0.05) is 12.1 Å². The van der Waals surface area contributed by atoms with Gasteiger partial charge in [0.15, 0.2) is 0 Å². The van der Waals surface area contributed by atoms with Crippen LogP contribution in [0.1, 0.15) is 42.6 Å². The van der Waals surface area contributed by atoms with E-state index in [1.807, 2.05) is 0 Å². The van der Waals surface area contributed by atoms with Crippen LogP contribution in [-0.4, -0.2) is 71.1 Å². The molecule has 0 bridgehead atoms. The number of para-hydroxylation sites is 1. The van der Waals surface area contributed by atoms with E-state index >= 15 is 0 Å². The van der Waals surface area contributed by atoms with Crippen molar-refractivity contribution in [2.75, 3.05) is 20.3 Å². The van der Waals surface area contributed by atoms with E-state index in [0.29, 0.717) is 30.1 Å². The van der Waals surface area contributed by atoms with Gasteiger partial charge in [0, 0.05) is 13.7 Å². The molecular formula is C23H26F3N3O5S. The van der Waals surface area contributed by atoms with E-state index in [-0.39, 0.29) is 40.9 Å². The molecule has 0 aliphatic carbocycles. The number of rotatable bonds is 5. The van der Waals surface area contributed by atoms with Gasteiger partial charge in [-0.25, -0.2) is 9.78 Å². The van der Waals surface area contributed by atoms with E-state index in [4.69, 9.17) is 9.47 Å². The number of alkyl halides is 3. The Balaban J connectivity index is 1.52. The molecule has 35 heavy (non-hydrogen) atoms. The zero-order valence-corrected chi connectivity index (χ0v) is 20.5. The largest absolute Gasteiger partial charge is 0.573 e. The summed E-state index contributed by atoms with van der Waals surface area (Å²) in [4.78, 5) is 34.0. The average molecular weight is 514 g/mol. The average Bonchev–Trinajstić information content (AvgIpc) is 3.41. The number of benzene rings is 1. The monoisotopic (exact) mass is 513 g/mol. The first kappa shape index (κ1) is 25.2. The number of nitrogens with zero attached hydrogens (tertiary/aromatic N) is 3. The lowest BCUT2D eigenvalue weighted by Gasteiger charge is -2.28. The van der Waals surface area contributed by atoms with E-state index < -0.39 is 18.1 Å². The second-order valence-corrected chi connectivity index (χ2v) is 10.4. The Morgan fingerprint density at radius 1 is 1.23 bits per heavy atom. The minimum absolute atomic E-state index is 0.167. The Morgan fingerprint density at radius 3 is 2.57 bits per heavy atom. The molecule has 4 rings (SSSR count). The van der Waals surface area contributed by atoms with Crippen molar-refractivity contribution in [3.8, 4) is 16.3 Å². The molecule has 3 heterocycles. The van der Waals surface area contributed by atoms with E-state index in [1.165, 1.54) is 18.2 Å². The van der Waals surface area contributed by atoms with Crippen LogP contribution in [0.3, 0.4) is 0 Å². The van der Waals surface area contributed by atoms with Crippen LogP contribution >= 0.6 is 11.3 Å². The quantitative estimate of drug-likeness (QED) is 0.577.